The van der Waals surface area contributed by atoms with Crippen LogP contribution in [0.4, 0.5) is 5.69 Å². The van der Waals surface area contributed by atoms with Crippen LogP contribution in [0.25, 0.3) is 10.8 Å². The van der Waals surface area contributed by atoms with Gasteiger partial charge >= 0.3 is 0 Å². The number of carbonyl (C=O) groups excluding carboxylic acids is 1. The van der Waals surface area contributed by atoms with Crippen LogP contribution in [0.15, 0.2) is 42.5 Å². The maximum Gasteiger partial charge on any atom is 0.241 e. The lowest BCUT2D eigenvalue weighted by atomic mass is 10.0. The molecule has 1 fully saturated rings. The van der Waals surface area contributed by atoms with Crippen molar-refractivity contribution in [3.8, 4) is 0 Å². The summed E-state index contributed by atoms with van der Waals surface area (Å²) < 4.78 is 0. The SMILES string of the molecule is CC1CCNC1C(=O)Nc1ccc2ccccc2c1. The van der Waals surface area contributed by atoms with E-state index in [-0.39, 0.29) is 11.9 Å². The van der Waals surface area contributed by atoms with Gasteiger partial charge < -0.3 is 10.6 Å². The zero-order chi connectivity index (χ0) is 13.2. The van der Waals surface area contributed by atoms with Crippen molar-refractivity contribution in [2.45, 2.75) is 19.4 Å². The molecule has 2 aromatic carbocycles. The van der Waals surface area contributed by atoms with Crippen LogP contribution in [-0.2, 0) is 4.79 Å². The second-order valence-corrected chi connectivity index (χ2v) is 5.25. The van der Waals surface area contributed by atoms with Crippen LogP contribution in [0.2, 0.25) is 0 Å². The molecule has 1 saturated heterocycles. The Balaban J connectivity index is 1.79. The number of amides is 1. The second kappa shape index (κ2) is 5.02. The van der Waals surface area contributed by atoms with Gasteiger partial charge in [-0.1, -0.05) is 37.3 Å². The van der Waals surface area contributed by atoms with Crippen LogP contribution in [0.3, 0.4) is 0 Å². The Morgan fingerprint density at radius 3 is 2.74 bits per heavy atom. The number of anilines is 1. The van der Waals surface area contributed by atoms with Crippen molar-refractivity contribution >= 4 is 22.4 Å². The fourth-order valence-electron chi connectivity index (χ4n) is 2.67. The molecule has 1 aliphatic rings. The molecule has 2 unspecified atom stereocenters. The summed E-state index contributed by atoms with van der Waals surface area (Å²) in [4.78, 5) is 12.2. The molecule has 3 heteroatoms. The summed E-state index contributed by atoms with van der Waals surface area (Å²) in [6.45, 7) is 3.04. The summed E-state index contributed by atoms with van der Waals surface area (Å²) >= 11 is 0. The Morgan fingerprint density at radius 2 is 2.00 bits per heavy atom. The number of carbonyl (C=O) groups is 1. The van der Waals surface area contributed by atoms with Gasteiger partial charge in [0.05, 0.1) is 6.04 Å². The fraction of sp³-hybridized carbons (Fsp3) is 0.312. The van der Waals surface area contributed by atoms with Gasteiger partial charge in [-0.3, -0.25) is 4.79 Å². The zero-order valence-corrected chi connectivity index (χ0v) is 11.0. The molecule has 98 valence electrons. The number of benzene rings is 2. The van der Waals surface area contributed by atoms with Gasteiger partial charge in [-0.05, 0) is 41.8 Å². The first-order valence-electron chi connectivity index (χ1n) is 6.77. The highest BCUT2D eigenvalue weighted by molar-refractivity contribution is 5.97. The first kappa shape index (κ1) is 12.2. The average molecular weight is 254 g/mol. The van der Waals surface area contributed by atoms with Crippen LogP contribution in [0.1, 0.15) is 13.3 Å². The molecule has 2 atom stereocenters. The quantitative estimate of drug-likeness (QED) is 0.865. The second-order valence-electron chi connectivity index (χ2n) is 5.25. The molecule has 0 saturated carbocycles. The summed E-state index contributed by atoms with van der Waals surface area (Å²) in [5, 5.41) is 8.59. The molecule has 2 N–H and O–H groups in total. The third-order valence-corrected chi connectivity index (χ3v) is 3.83. The number of rotatable bonds is 2. The molecule has 0 spiro atoms. The van der Waals surface area contributed by atoms with Crippen LogP contribution in [0.5, 0.6) is 0 Å². The molecule has 1 aliphatic heterocycles. The van der Waals surface area contributed by atoms with E-state index in [4.69, 9.17) is 0 Å². The molecule has 0 radical (unpaired) electrons. The van der Waals surface area contributed by atoms with Crippen LogP contribution < -0.4 is 10.6 Å². The number of nitrogens with one attached hydrogen (secondary N) is 2. The predicted octanol–water partition coefficient (Wildman–Crippen LogP) is 2.78. The van der Waals surface area contributed by atoms with Crippen molar-refractivity contribution in [1.29, 1.82) is 0 Å². The lowest BCUT2D eigenvalue weighted by molar-refractivity contribution is -0.118. The number of hydrogen-bond acceptors (Lipinski definition) is 2. The first-order valence-corrected chi connectivity index (χ1v) is 6.77. The maximum atomic E-state index is 12.2. The summed E-state index contributed by atoms with van der Waals surface area (Å²) in [7, 11) is 0. The Labute approximate surface area is 113 Å². The number of hydrogen-bond donors (Lipinski definition) is 2. The van der Waals surface area contributed by atoms with Gasteiger partial charge in [-0.25, -0.2) is 0 Å². The largest absolute Gasteiger partial charge is 0.325 e. The monoisotopic (exact) mass is 254 g/mol. The Hall–Kier alpha value is -1.87. The predicted molar refractivity (Wildman–Crippen MR) is 78.1 cm³/mol. The molecule has 0 aromatic heterocycles. The molecular weight excluding hydrogens is 236 g/mol. The van der Waals surface area contributed by atoms with Crippen LogP contribution in [-0.4, -0.2) is 18.5 Å². The van der Waals surface area contributed by atoms with Crippen LogP contribution >= 0.6 is 0 Å². The van der Waals surface area contributed by atoms with Gasteiger partial charge in [0.15, 0.2) is 0 Å². The van der Waals surface area contributed by atoms with Crippen molar-refractivity contribution < 1.29 is 4.79 Å². The molecule has 1 amide bonds. The standard InChI is InChI=1S/C16H18N2O/c1-11-8-9-17-15(11)16(19)18-14-7-6-12-4-2-3-5-13(12)10-14/h2-7,10-11,15,17H,8-9H2,1H3,(H,18,19). The van der Waals surface area contributed by atoms with E-state index in [2.05, 4.69) is 29.7 Å². The minimum Gasteiger partial charge on any atom is -0.325 e. The molecule has 3 nitrogen and oxygen atoms in total. The number of fused-ring (bicyclic) bond motifs is 1. The fourth-order valence-corrected chi connectivity index (χ4v) is 2.67. The van der Waals surface area contributed by atoms with Crippen molar-refractivity contribution in [1.82, 2.24) is 5.32 Å². The van der Waals surface area contributed by atoms with E-state index in [0.717, 1.165) is 24.0 Å². The van der Waals surface area contributed by atoms with Crippen molar-refractivity contribution in [2.75, 3.05) is 11.9 Å². The Bertz CT molecular complexity index is 608. The van der Waals surface area contributed by atoms with Gasteiger partial charge in [0.1, 0.15) is 0 Å². The highest BCUT2D eigenvalue weighted by Crippen LogP contribution is 2.20. The molecule has 19 heavy (non-hydrogen) atoms. The molecule has 2 aromatic rings. The van der Waals surface area contributed by atoms with E-state index in [1.807, 2.05) is 30.3 Å². The van der Waals surface area contributed by atoms with Gasteiger partial charge in [0, 0.05) is 5.69 Å². The van der Waals surface area contributed by atoms with Crippen molar-refractivity contribution in [3.05, 3.63) is 42.5 Å². The normalized spacial score (nSPS) is 22.6. The van der Waals surface area contributed by atoms with Gasteiger partial charge in [0.2, 0.25) is 5.91 Å². The minimum absolute atomic E-state index is 0.0635. The highest BCUT2D eigenvalue weighted by Gasteiger charge is 2.29. The lowest BCUT2D eigenvalue weighted by Gasteiger charge is -2.15. The van der Waals surface area contributed by atoms with E-state index in [0.29, 0.717) is 5.92 Å². The maximum absolute atomic E-state index is 12.2. The third-order valence-electron chi connectivity index (χ3n) is 3.83. The first-order chi connectivity index (χ1) is 9.24. The summed E-state index contributed by atoms with van der Waals surface area (Å²) in [5.74, 6) is 0.473. The smallest absolute Gasteiger partial charge is 0.241 e. The Kier molecular flexibility index (Phi) is 3.22. The Morgan fingerprint density at radius 1 is 1.21 bits per heavy atom. The minimum atomic E-state index is -0.0635. The third kappa shape index (κ3) is 2.47. The summed E-state index contributed by atoms with van der Waals surface area (Å²) in [5.41, 5.74) is 0.865. The van der Waals surface area contributed by atoms with Crippen molar-refractivity contribution in [3.63, 3.8) is 0 Å². The van der Waals surface area contributed by atoms with Gasteiger partial charge in [-0.15, -0.1) is 0 Å². The zero-order valence-electron chi connectivity index (χ0n) is 11.0. The van der Waals surface area contributed by atoms with Crippen molar-refractivity contribution in [2.24, 2.45) is 5.92 Å². The summed E-state index contributed by atoms with van der Waals surface area (Å²) in [6.07, 6.45) is 1.07. The van der Waals surface area contributed by atoms with E-state index >= 15 is 0 Å². The van der Waals surface area contributed by atoms with E-state index in [1.54, 1.807) is 0 Å². The average Bonchev–Trinajstić information content (AvgIpc) is 2.85. The van der Waals surface area contributed by atoms with E-state index < -0.39 is 0 Å². The van der Waals surface area contributed by atoms with Crippen LogP contribution in [0, 0.1) is 5.92 Å². The molecular formula is C16H18N2O. The topological polar surface area (TPSA) is 41.1 Å². The van der Waals surface area contributed by atoms with Gasteiger partial charge in [-0.2, -0.15) is 0 Å². The van der Waals surface area contributed by atoms with Gasteiger partial charge in [0.25, 0.3) is 0 Å². The molecule has 0 aliphatic carbocycles. The molecule has 1 heterocycles. The van der Waals surface area contributed by atoms with E-state index in [1.165, 1.54) is 5.39 Å². The van der Waals surface area contributed by atoms with E-state index in [9.17, 15) is 4.79 Å². The molecule has 0 bridgehead atoms. The summed E-state index contributed by atoms with van der Waals surface area (Å²) in [6, 6.07) is 14.1. The lowest BCUT2D eigenvalue weighted by Crippen LogP contribution is -2.39. The molecule has 3 rings (SSSR count). The highest BCUT2D eigenvalue weighted by atomic mass is 16.2.